The van der Waals surface area contributed by atoms with Crippen molar-refractivity contribution in [3.05, 3.63) is 12.2 Å². The molecule has 0 atom stereocenters. The molecule has 0 spiro atoms. The van der Waals surface area contributed by atoms with Crippen LogP contribution in [0.3, 0.4) is 0 Å². The molecule has 1 fully saturated rings. The largest absolute Gasteiger partial charge is 0.309 e. The molecule has 4 nitrogen and oxygen atoms in total. The molecule has 0 unspecified atom stereocenters. The van der Waals surface area contributed by atoms with Crippen molar-refractivity contribution in [2.24, 2.45) is 12.5 Å². The van der Waals surface area contributed by atoms with Crippen LogP contribution in [0.2, 0.25) is 0 Å². The lowest BCUT2D eigenvalue weighted by Gasteiger charge is -2.11. The van der Waals surface area contributed by atoms with Gasteiger partial charge < -0.3 is 5.32 Å². The van der Waals surface area contributed by atoms with E-state index in [1.54, 1.807) is 11.0 Å². The summed E-state index contributed by atoms with van der Waals surface area (Å²) in [5, 5.41) is 7.38. The molecular weight excluding hydrogens is 200 g/mol. The van der Waals surface area contributed by atoms with E-state index in [0.717, 1.165) is 24.8 Å². The van der Waals surface area contributed by atoms with Gasteiger partial charge in [-0.15, -0.1) is 11.6 Å². The van der Waals surface area contributed by atoms with Gasteiger partial charge in [0.2, 0.25) is 0 Å². The second kappa shape index (κ2) is 3.87. The third-order valence-electron chi connectivity index (χ3n) is 2.83. The van der Waals surface area contributed by atoms with Crippen LogP contribution in [0, 0.1) is 5.41 Å². The van der Waals surface area contributed by atoms with Gasteiger partial charge in [-0.1, -0.05) is 0 Å². The number of rotatable bonds is 5. The van der Waals surface area contributed by atoms with Gasteiger partial charge >= 0.3 is 0 Å². The molecule has 0 saturated heterocycles. The van der Waals surface area contributed by atoms with Gasteiger partial charge in [-0.05, 0) is 18.3 Å². The Hall–Kier alpha value is -0.610. The van der Waals surface area contributed by atoms with Crippen LogP contribution in [0.25, 0.3) is 0 Å². The van der Waals surface area contributed by atoms with Crippen LogP contribution >= 0.6 is 11.6 Å². The molecule has 1 aliphatic rings. The van der Waals surface area contributed by atoms with E-state index < -0.39 is 0 Å². The summed E-state index contributed by atoms with van der Waals surface area (Å²) in [5.41, 5.74) is 0.375. The zero-order chi connectivity index (χ0) is 10.0. The van der Waals surface area contributed by atoms with E-state index in [1.807, 2.05) is 7.05 Å². The summed E-state index contributed by atoms with van der Waals surface area (Å²) in [4.78, 5) is 4.14. The second-order valence-corrected chi connectivity index (χ2v) is 4.30. The summed E-state index contributed by atoms with van der Waals surface area (Å²) in [5.74, 6) is 1.73. The number of aryl methyl sites for hydroxylation is 1. The average molecular weight is 215 g/mol. The number of alkyl halides is 1. The fourth-order valence-corrected chi connectivity index (χ4v) is 1.82. The quantitative estimate of drug-likeness (QED) is 0.742. The maximum Gasteiger partial charge on any atom is 0.140 e. The van der Waals surface area contributed by atoms with Crippen molar-refractivity contribution in [2.45, 2.75) is 19.4 Å². The molecule has 14 heavy (non-hydrogen) atoms. The molecule has 1 aliphatic carbocycles. The summed E-state index contributed by atoms with van der Waals surface area (Å²) in [6.45, 7) is 1.76. The van der Waals surface area contributed by atoms with Gasteiger partial charge in [0.25, 0.3) is 0 Å². The number of halogens is 1. The van der Waals surface area contributed by atoms with Crippen LogP contribution in [0.5, 0.6) is 0 Å². The number of nitrogens with zero attached hydrogens (tertiary/aromatic N) is 3. The highest BCUT2D eigenvalue weighted by Gasteiger charge is 2.41. The van der Waals surface area contributed by atoms with Gasteiger partial charge in [-0.2, -0.15) is 5.10 Å². The monoisotopic (exact) mass is 214 g/mol. The molecule has 2 rings (SSSR count). The lowest BCUT2D eigenvalue weighted by molar-refractivity contribution is 0.491. The van der Waals surface area contributed by atoms with Crippen molar-refractivity contribution in [3.8, 4) is 0 Å². The molecule has 5 heteroatoms. The minimum atomic E-state index is 0.375. The first-order valence-corrected chi connectivity index (χ1v) is 5.39. The van der Waals surface area contributed by atoms with E-state index in [2.05, 4.69) is 15.4 Å². The van der Waals surface area contributed by atoms with E-state index in [4.69, 9.17) is 11.6 Å². The number of hydrogen-bond donors (Lipinski definition) is 1. The Morgan fingerprint density at radius 2 is 2.43 bits per heavy atom. The summed E-state index contributed by atoms with van der Waals surface area (Å²) in [6.07, 6.45) is 4.08. The van der Waals surface area contributed by atoms with Crippen molar-refractivity contribution < 1.29 is 0 Å². The highest BCUT2D eigenvalue weighted by molar-refractivity contribution is 6.18. The highest BCUT2D eigenvalue weighted by Crippen LogP contribution is 2.45. The fourth-order valence-electron chi connectivity index (χ4n) is 1.45. The molecular formula is C9H15ClN4. The van der Waals surface area contributed by atoms with E-state index >= 15 is 0 Å². The van der Waals surface area contributed by atoms with Gasteiger partial charge in [0.15, 0.2) is 0 Å². The van der Waals surface area contributed by atoms with Crippen molar-refractivity contribution in [1.29, 1.82) is 0 Å². The average Bonchev–Trinajstić information content (AvgIpc) is 2.86. The normalized spacial score (nSPS) is 18.4. The van der Waals surface area contributed by atoms with Gasteiger partial charge in [-0.25, -0.2) is 4.98 Å². The summed E-state index contributed by atoms with van der Waals surface area (Å²) < 4.78 is 1.78. The number of hydrogen-bond acceptors (Lipinski definition) is 3. The zero-order valence-corrected chi connectivity index (χ0v) is 9.09. The molecule has 1 aromatic heterocycles. The number of aromatic nitrogens is 3. The SMILES string of the molecule is Cn1ncnc1CNCC1(CCl)CC1. The van der Waals surface area contributed by atoms with E-state index in [-0.39, 0.29) is 0 Å². The third-order valence-corrected chi connectivity index (χ3v) is 3.40. The minimum absolute atomic E-state index is 0.375. The van der Waals surface area contributed by atoms with Crippen molar-refractivity contribution in [3.63, 3.8) is 0 Å². The van der Waals surface area contributed by atoms with Crippen LogP contribution in [-0.4, -0.2) is 27.2 Å². The Morgan fingerprint density at radius 1 is 1.64 bits per heavy atom. The Labute approximate surface area is 88.7 Å². The second-order valence-electron chi connectivity index (χ2n) is 4.04. The molecule has 0 aliphatic heterocycles. The first kappa shape index (κ1) is 9.93. The predicted molar refractivity (Wildman–Crippen MR) is 55.1 cm³/mol. The van der Waals surface area contributed by atoms with Gasteiger partial charge in [-0.3, -0.25) is 4.68 Å². The fraction of sp³-hybridized carbons (Fsp3) is 0.778. The van der Waals surface area contributed by atoms with E-state index in [0.29, 0.717) is 5.41 Å². The summed E-state index contributed by atoms with van der Waals surface area (Å²) in [7, 11) is 1.90. The van der Waals surface area contributed by atoms with E-state index in [1.165, 1.54) is 12.8 Å². The van der Waals surface area contributed by atoms with Gasteiger partial charge in [0, 0.05) is 19.5 Å². The predicted octanol–water partition coefficient (Wildman–Crippen LogP) is 0.924. The third kappa shape index (κ3) is 2.07. The Bertz CT molecular complexity index is 306. The maximum absolute atomic E-state index is 5.87. The van der Waals surface area contributed by atoms with Crippen molar-refractivity contribution in [1.82, 2.24) is 20.1 Å². The van der Waals surface area contributed by atoms with Crippen molar-refractivity contribution in [2.75, 3.05) is 12.4 Å². The zero-order valence-electron chi connectivity index (χ0n) is 8.33. The molecule has 0 bridgehead atoms. The van der Waals surface area contributed by atoms with Crippen LogP contribution in [0.15, 0.2) is 6.33 Å². The number of nitrogens with one attached hydrogen (secondary N) is 1. The topological polar surface area (TPSA) is 42.7 Å². The Kier molecular flexibility index (Phi) is 2.74. The van der Waals surface area contributed by atoms with Gasteiger partial charge in [0.1, 0.15) is 12.2 Å². The molecule has 0 aromatic carbocycles. The summed E-state index contributed by atoms with van der Waals surface area (Å²) in [6, 6.07) is 0. The summed E-state index contributed by atoms with van der Waals surface area (Å²) >= 11 is 5.87. The lowest BCUT2D eigenvalue weighted by Crippen LogP contribution is -2.26. The van der Waals surface area contributed by atoms with Crippen LogP contribution in [0.1, 0.15) is 18.7 Å². The van der Waals surface area contributed by atoms with Crippen LogP contribution in [0.4, 0.5) is 0 Å². The van der Waals surface area contributed by atoms with E-state index in [9.17, 15) is 0 Å². The molecule has 0 amide bonds. The lowest BCUT2D eigenvalue weighted by atomic mass is 10.1. The smallest absolute Gasteiger partial charge is 0.140 e. The van der Waals surface area contributed by atoms with Crippen LogP contribution < -0.4 is 5.32 Å². The minimum Gasteiger partial charge on any atom is -0.309 e. The molecule has 1 aromatic rings. The molecule has 1 saturated carbocycles. The Morgan fingerprint density at radius 3 is 2.93 bits per heavy atom. The van der Waals surface area contributed by atoms with Crippen molar-refractivity contribution >= 4 is 11.6 Å². The Balaban J connectivity index is 1.76. The molecule has 1 N–H and O–H groups in total. The first-order valence-electron chi connectivity index (χ1n) is 4.85. The molecule has 0 radical (unpaired) electrons. The van der Waals surface area contributed by atoms with Crippen LogP contribution in [-0.2, 0) is 13.6 Å². The molecule has 1 heterocycles. The highest BCUT2D eigenvalue weighted by atomic mass is 35.5. The van der Waals surface area contributed by atoms with Gasteiger partial charge in [0.05, 0.1) is 6.54 Å². The first-order chi connectivity index (χ1) is 6.76. The standard InChI is InChI=1S/C9H15ClN4/c1-14-8(12-7-13-14)4-11-6-9(5-10)2-3-9/h7,11H,2-6H2,1H3. The molecule has 78 valence electrons. The maximum atomic E-state index is 5.87.